The Labute approximate surface area is 124 Å². The minimum absolute atomic E-state index is 0.389. The molecule has 2 N–H and O–H groups in total. The second kappa shape index (κ2) is 6.16. The highest BCUT2D eigenvalue weighted by Crippen LogP contribution is 2.28. The first-order valence-corrected chi connectivity index (χ1v) is 6.76. The van der Waals surface area contributed by atoms with E-state index in [0.717, 1.165) is 11.3 Å². The van der Waals surface area contributed by atoms with Gasteiger partial charge in [-0.1, -0.05) is 41.9 Å². The van der Waals surface area contributed by atoms with Crippen molar-refractivity contribution in [2.45, 2.75) is 12.5 Å². The summed E-state index contributed by atoms with van der Waals surface area (Å²) in [5.41, 5.74) is 0.757. The highest BCUT2D eigenvalue weighted by molar-refractivity contribution is 6.32. The van der Waals surface area contributed by atoms with E-state index in [1.54, 1.807) is 26.2 Å². The van der Waals surface area contributed by atoms with Crippen LogP contribution in [0.2, 0.25) is 5.02 Å². The van der Waals surface area contributed by atoms with Crippen LogP contribution in [0.5, 0.6) is 5.75 Å². The molecule has 0 saturated carbocycles. The van der Waals surface area contributed by atoms with Gasteiger partial charge in [-0.15, -0.1) is 0 Å². The van der Waals surface area contributed by atoms with E-state index < -0.39 is 5.60 Å². The van der Waals surface area contributed by atoms with Crippen LogP contribution in [0, 0.1) is 0 Å². The zero-order valence-electron chi connectivity index (χ0n) is 11.6. The average Bonchev–Trinajstić information content (AvgIpc) is 2.46. The lowest BCUT2D eigenvalue weighted by Crippen LogP contribution is -2.30. The fraction of sp³-hybridized carbons (Fsp3) is 0.250. The number of benzene rings is 2. The SMILES string of the molecule is COc1ccc(NCC(C)(O)c2ccccc2)cc1Cl. The number of hydrogen-bond donors (Lipinski definition) is 2. The van der Waals surface area contributed by atoms with Crippen LogP contribution in [0.1, 0.15) is 12.5 Å². The van der Waals surface area contributed by atoms with Gasteiger partial charge in [0.15, 0.2) is 0 Å². The minimum Gasteiger partial charge on any atom is -0.495 e. The molecule has 0 spiro atoms. The van der Waals surface area contributed by atoms with E-state index in [4.69, 9.17) is 16.3 Å². The molecule has 0 aliphatic heterocycles. The Hall–Kier alpha value is -1.71. The molecular formula is C16H18ClNO2. The Morgan fingerprint density at radius 1 is 1.20 bits per heavy atom. The maximum Gasteiger partial charge on any atom is 0.137 e. The predicted molar refractivity (Wildman–Crippen MR) is 82.5 cm³/mol. The van der Waals surface area contributed by atoms with Crippen LogP contribution in [0.3, 0.4) is 0 Å². The molecule has 0 saturated heterocycles. The third kappa shape index (κ3) is 3.44. The van der Waals surface area contributed by atoms with Crippen molar-refractivity contribution in [1.29, 1.82) is 0 Å². The fourth-order valence-electron chi connectivity index (χ4n) is 1.95. The number of aliphatic hydroxyl groups is 1. The first-order valence-electron chi connectivity index (χ1n) is 6.38. The van der Waals surface area contributed by atoms with Crippen LogP contribution in [0.4, 0.5) is 5.69 Å². The summed E-state index contributed by atoms with van der Waals surface area (Å²) in [7, 11) is 1.58. The first-order chi connectivity index (χ1) is 9.53. The third-order valence-corrected chi connectivity index (χ3v) is 3.48. The molecule has 4 heteroatoms. The van der Waals surface area contributed by atoms with E-state index in [1.165, 1.54) is 0 Å². The molecule has 20 heavy (non-hydrogen) atoms. The molecule has 106 valence electrons. The Morgan fingerprint density at radius 2 is 1.90 bits per heavy atom. The van der Waals surface area contributed by atoms with Crippen molar-refractivity contribution >= 4 is 17.3 Å². The van der Waals surface area contributed by atoms with Crippen LogP contribution in [0.25, 0.3) is 0 Å². The van der Waals surface area contributed by atoms with Crippen LogP contribution < -0.4 is 10.1 Å². The van der Waals surface area contributed by atoms with E-state index in [2.05, 4.69) is 5.32 Å². The van der Waals surface area contributed by atoms with Gasteiger partial charge < -0.3 is 15.2 Å². The summed E-state index contributed by atoms with van der Waals surface area (Å²) in [5, 5.41) is 14.2. The molecule has 3 nitrogen and oxygen atoms in total. The molecule has 1 unspecified atom stereocenters. The fourth-order valence-corrected chi connectivity index (χ4v) is 2.21. The van der Waals surface area contributed by atoms with Gasteiger partial charge in [0.2, 0.25) is 0 Å². The van der Waals surface area contributed by atoms with Crippen molar-refractivity contribution in [2.24, 2.45) is 0 Å². The van der Waals surface area contributed by atoms with Crippen molar-refractivity contribution in [3.63, 3.8) is 0 Å². The number of anilines is 1. The zero-order chi connectivity index (χ0) is 14.6. The van der Waals surface area contributed by atoms with Crippen LogP contribution in [-0.2, 0) is 5.60 Å². The van der Waals surface area contributed by atoms with E-state index in [9.17, 15) is 5.11 Å². The van der Waals surface area contributed by atoms with Crippen LogP contribution in [0.15, 0.2) is 48.5 Å². The summed E-state index contributed by atoms with van der Waals surface area (Å²) in [4.78, 5) is 0. The van der Waals surface area contributed by atoms with Gasteiger partial charge in [-0.2, -0.15) is 0 Å². The summed E-state index contributed by atoms with van der Waals surface area (Å²) in [6.45, 7) is 2.17. The minimum atomic E-state index is -0.951. The summed E-state index contributed by atoms with van der Waals surface area (Å²) in [6.07, 6.45) is 0. The summed E-state index contributed by atoms with van der Waals surface area (Å²) >= 11 is 6.07. The summed E-state index contributed by atoms with van der Waals surface area (Å²) in [5.74, 6) is 0.632. The Bertz CT molecular complexity index is 570. The van der Waals surface area contributed by atoms with E-state index in [-0.39, 0.29) is 0 Å². The van der Waals surface area contributed by atoms with E-state index in [1.807, 2.05) is 36.4 Å². The maximum absolute atomic E-state index is 10.5. The van der Waals surface area contributed by atoms with E-state index in [0.29, 0.717) is 17.3 Å². The Balaban J connectivity index is 2.06. The Morgan fingerprint density at radius 3 is 2.50 bits per heavy atom. The van der Waals surface area contributed by atoms with Crippen LogP contribution in [-0.4, -0.2) is 18.8 Å². The molecular weight excluding hydrogens is 274 g/mol. The standard InChI is InChI=1S/C16H18ClNO2/c1-16(19,12-6-4-3-5-7-12)11-18-13-8-9-15(20-2)14(17)10-13/h3-10,18-19H,11H2,1-2H3. The smallest absolute Gasteiger partial charge is 0.137 e. The second-order valence-electron chi connectivity index (χ2n) is 4.84. The van der Waals surface area contributed by atoms with Crippen molar-refractivity contribution in [2.75, 3.05) is 19.0 Å². The molecule has 1 atom stereocenters. The third-order valence-electron chi connectivity index (χ3n) is 3.18. The molecule has 2 aromatic rings. The molecule has 2 aromatic carbocycles. The lowest BCUT2D eigenvalue weighted by molar-refractivity contribution is 0.0715. The molecule has 0 radical (unpaired) electrons. The highest BCUT2D eigenvalue weighted by atomic mass is 35.5. The average molecular weight is 292 g/mol. The van der Waals surface area contributed by atoms with Gasteiger partial charge in [0, 0.05) is 12.2 Å². The number of hydrogen-bond acceptors (Lipinski definition) is 3. The number of halogens is 1. The Kier molecular flexibility index (Phi) is 4.53. The van der Waals surface area contributed by atoms with Crippen molar-refractivity contribution in [1.82, 2.24) is 0 Å². The molecule has 0 heterocycles. The normalized spacial score (nSPS) is 13.6. The zero-order valence-corrected chi connectivity index (χ0v) is 12.3. The highest BCUT2D eigenvalue weighted by Gasteiger charge is 2.22. The molecule has 0 fully saturated rings. The largest absolute Gasteiger partial charge is 0.495 e. The van der Waals surface area contributed by atoms with Gasteiger partial charge >= 0.3 is 0 Å². The predicted octanol–water partition coefficient (Wildman–Crippen LogP) is 3.67. The monoisotopic (exact) mass is 291 g/mol. The quantitative estimate of drug-likeness (QED) is 0.883. The molecule has 2 rings (SSSR count). The second-order valence-corrected chi connectivity index (χ2v) is 5.25. The summed E-state index contributed by atoms with van der Waals surface area (Å²) < 4.78 is 5.11. The van der Waals surface area contributed by atoms with Gasteiger partial charge in [0.25, 0.3) is 0 Å². The molecule has 0 amide bonds. The van der Waals surface area contributed by atoms with Gasteiger partial charge in [-0.05, 0) is 30.7 Å². The van der Waals surface area contributed by atoms with Crippen molar-refractivity contribution < 1.29 is 9.84 Å². The van der Waals surface area contributed by atoms with Gasteiger partial charge in [0.1, 0.15) is 11.4 Å². The van der Waals surface area contributed by atoms with E-state index >= 15 is 0 Å². The number of ether oxygens (including phenoxy) is 1. The summed E-state index contributed by atoms with van der Waals surface area (Å²) in [6, 6.07) is 15.0. The number of nitrogens with one attached hydrogen (secondary N) is 1. The molecule has 0 bridgehead atoms. The number of methoxy groups -OCH3 is 1. The molecule has 0 aliphatic rings. The van der Waals surface area contributed by atoms with Crippen LogP contribution >= 0.6 is 11.6 Å². The van der Waals surface area contributed by atoms with Gasteiger partial charge in [-0.25, -0.2) is 0 Å². The maximum atomic E-state index is 10.5. The van der Waals surface area contributed by atoms with Crippen molar-refractivity contribution in [3.8, 4) is 5.75 Å². The molecule has 0 aromatic heterocycles. The van der Waals surface area contributed by atoms with Gasteiger partial charge in [-0.3, -0.25) is 0 Å². The first kappa shape index (κ1) is 14.7. The van der Waals surface area contributed by atoms with Gasteiger partial charge in [0.05, 0.1) is 12.1 Å². The number of rotatable bonds is 5. The van der Waals surface area contributed by atoms with Crippen molar-refractivity contribution in [3.05, 3.63) is 59.1 Å². The lowest BCUT2D eigenvalue weighted by atomic mass is 9.96. The topological polar surface area (TPSA) is 41.5 Å². The lowest BCUT2D eigenvalue weighted by Gasteiger charge is -2.25. The molecule has 0 aliphatic carbocycles.